The zero-order chi connectivity index (χ0) is 14.5. The number of anilines is 1. The molecule has 1 heterocycles. The number of nitrogen functional groups attached to an aromatic ring is 1. The molecule has 0 bridgehead atoms. The van der Waals surface area contributed by atoms with Crippen LogP contribution in [-0.4, -0.2) is 21.9 Å². The number of benzene rings is 1. The van der Waals surface area contributed by atoms with Crippen molar-refractivity contribution < 1.29 is 4.39 Å². The molecule has 0 unspecified atom stereocenters. The molecular weight excluding hydrogens is 257 g/mol. The number of aromatic nitrogens is 2. The third-order valence-electron chi connectivity index (χ3n) is 2.83. The SMILES string of the molecule is Cc1cc(NN)nc(CN(C)Cc2ccc(F)cc2)n1. The number of rotatable bonds is 5. The molecule has 3 N–H and O–H groups in total. The number of nitrogens with zero attached hydrogens (tertiary/aromatic N) is 3. The zero-order valence-electron chi connectivity index (χ0n) is 11.6. The molecular formula is C14H18FN5. The van der Waals surface area contributed by atoms with Gasteiger partial charge in [0.25, 0.3) is 0 Å². The van der Waals surface area contributed by atoms with Crippen molar-refractivity contribution in [3.8, 4) is 0 Å². The first-order chi connectivity index (χ1) is 9.56. The van der Waals surface area contributed by atoms with Gasteiger partial charge in [0.15, 0.2) is 0 Å². The Morgan fingerprint density at radius 1 is 1.20 bits per heavy atom. The summed E-state index contributed by atoms with van der Waals surface area (Å²) in [4.78, 5) is 10.7. The van der Waals surface area contributed by atoms with Crippen LogP contribution in [0.15, 0.2) is 30.3 Å². The molecule has 2 rings (SSSR count). The monoisotopic (exact) mass is 275 g/mol. The number of halogens is 1. The van der Waals surface area contributed by atoms with E-state index in [-0.39, 0.29) is 5.82 Å². The number of nitrogens with two attached hydrogens (primary N) is 1. The lowest BCUT2D eigenvalue weighted by Crippen LogP contribution is -2.20. The lowest BCUT2D eigenvalue weighted by atomic mass is 10.2. The van der Waals surface area contributed by atoms with Crippen LogP contribution < -0.4 is 11.3 Å². The maximum atomic E-state index is 12.8. The zero-order valence-corrected chi connectivity index (χ0v) is 11.6. The summed E-state index contributed by atoms with van der Waals surface area (Å²) >= 11 is 0. The standard InChI is InChI=1S/C14H18FN5/c1-10-7-13(19-16)18-14(17-10)9-20(2)8-11-3-5-12(15)6-4-11/h3-7H,8-9,16H2,1-2H3,(H,17,18,19). The first kappa shape index (κ1) is 14.4. The van der Waals surface area contributed by atoms with Crippen LogP contribution in [0.3, 0.4) is 0 Å². The van der Waals surface area contributed by atoms with E-state index in [1.54, 1.807) is 18.2 Å². The Bertz CT molecular complexity index is 570. The average molecular weight is 275 g/mol. The van der Waals surface area contributed by atoms with Crippen LogP contribution in [0.2, 0.25) is 0 Å². The van der Waals surface area contributed by atoms with Crippen LogP contribution in [0, 0.1) is 12.7 Å². The smallest absolute Gasteiger partial charge is 0.145 e. The maximum absolute atomic E-state index is 12.8. The van der Waals surface area contributed by atoms with Gasteiger partial charge in [0.2, 0.25) is 0 Å². The Labute approximate surface area is 117 Å². The highest BCUT2D eigenvalue weighted by Crippen LogP contribution is 2.09. The summed E-state index contributed by atoms with van der Waals surface area (Å²) in [5, 5.41) is 0. The van der Waals surface area contributed by atoms with Crippen molar-refractivity contribution in [3.05, 3.63) is 53.2 Å². The van der Waals surface area contributed by atoms with Gasteiger partial charge >= 0.3 is 0 Å². The molecule has 0 amide bonds. The fourth-order valence-electron chi connectivity index (χ4n) is 1.97. The van der Waals surface area contributed by atoms with Crippen LogP contribution in [0.25, 0.3) is 0 Å². The second-order valence-electron chi connectivity index (χ2n) is 4.75. The van der Waals surface area contributed by atoms with Crippen LogP contribution in [0.1, 0.15) is 17.1 Å². The Morgan fingerprint density at radius 2 is 1.90 bits per heavy atom. The molecule has 6 heteroatoms. The van der Waals surface area contributed by atoms with E-state index >= 15 is 0 Å². The Hall–Kier alpha value is -2.05. The van der Waals surface area contributed by atoms with E-state index in [0.717, 1.165) is 11.3 Å². The highest BCUT2D eigenvalue weighted by Gasteiger charge is 2.06. The van der Waals surface area contributed by atoms with Crippen LogP contribution in [-0.2, 0) is 13.1 Å². The normalized spacial score (nSPS) is 10.8. The largest absolute Gasteiger partial charge is 0.308 e. The molecule has 0 saturated heterocycles. The van der Waals surface area contributed by atoms with Crippen molar-refractivity contribution >= 4 is 5.82 Å². The van der Waals surface area contributed by atoms with E-state index in [9.17, 15) is 4.39 Å². The predicted molar refractivity (Wildman–Crippen MR) is 76.2 cm³/mol. The first-order valence-corrected chi connectivity index (χ1v) is 6.31. The van der Waals surface area contributed by atoms with Crippen molar-refractivity contribution in [1.82, 2.24) is 14.9 Å². The molecule has 0 radical (unpaired) electrons. The number of nitrogens with one attached hydrogen (secondary N) is 1. The minimum Gasteiger partial charge on any atom is -0.308 e. The second kappa shape index (κ2) is 6.40. The lowest BCUT2D eigenvalue weighted by molar-refractivity contribution is 0.310. The van der Waals surface area contributed by atoms with E-state index in [4.69, 9.17) is 5.84 Å². The van der Waals surface area contributed by atoms with Crippen molar-refractivity contribution in [1.29, 1.82) is 0 Å². The first-order valence-electron chi connectivity index (χ1n) is 6.31. The molecule has 0 fully saturated rings. The van der Waals surface area contributed by atoms with Gasteiger partial charge in [0.1, 0.15) is 17.5 Å². The van der Waals surface area contributed by atoms with Gasteiger partial charge in [0, 0.05) is 18.3 Å². The summed E-state index contributed by atoms with van der Waals surface area (Å²) in [5.74, 6) is 6.44. The summed E-state index contributed by atoms with van der Waals surface area (Å²) < 4.78 is 12.8. The molecule has 2 aromatic rings. The van der Waals surface area contributed by atoms with Gasteiger partial charge in [0.05, 0.1) is 6.54 Å². The molecule has 0 atom stereocenters. The fourth-order valence-corrected chi connectivity index (χ4v) is 1.97. The highest BCUT2D eigenvalue weighted by atomic mass is 19.1. The number of hydrogen-bond donors (Lipinski definition) is 2. The fraction of sp³-hybridized carbons (Fsp3) is 0.286. The van der Waals surface area contributed by atoms with Gasteiger partial charge in [-0.25, -0.2) is 20.2 Å². The van der Waals surface area contributed by atoms with Crippen LogP contribution in [0.5, 0.6) is 0 Å². The molecule has 5 nitrogen and oxygen atoms in total. The molecule has 0 aliphatic rings. The number of hydrogen-bond acceptors (Lipinski definition) is 5. The topological polar surface area (TPSA) is 67.1 Å². The van der Waals surface area contributed by atoms with E-state index in [1.807, 2.05) is 14.0 Å². The summed E-state index contributed by atoms with van der Waals surface area (Å²) in [6.45, 7) is 3.18. The average Bonchev–Trinajstić information content (AvgIpc) is 2.40. The summed E-state index contributed by atoms with van der Waals surface area (Å²) in [6.07, 6.45) is 0. The Morgan fingerprint density at radius 3 is 2.55 bits per heavy atom. The minimum atomic E-state index is -0.225. The van der Waals surface area contributed by atoms with E-state index in [0.29, 0.717) is 24.7 Å². The van der Waals surface area contributed by atoms with Crippen molar-refractivity contribution in [2.45, 2.75) is 20.0 Å². The van der Waals surface area contributed by atoms with Gasteiger partial charge in [-0.1, -0.05) is 12.1 Å². The van der Waals surface area contributed by atoms with Crippen LogP contribution >= 0.6 is 0 Å². The van der Waals surface area contributed by atoms with E-state index < -0.39 is 0 Å². The summed E-state index contributed by atoms with van der Waals surface area (Å²) in [7, 11) is 1.96. The maximum Gasteiger partial charge on any atom is 0.145 e. The third-order valence-corrected chi connectivity index (χ3v) is 2.83. The summed E-state index contributed by atoms with van der Waals surface area (Å²) in [6, 6.07) is 8.25. The van der Waals surface area contributed by atoms with E-state index in [2.05, 4.69) is 20.3 Å². The molecule has 106 valence electrons. The van der Waals surface area contributed by atoms with Gasteiger partial charge < -0.3 is 5.43 Å². The molecule has 0 spiro atoms. The molecule has 1 aromatic heterocycles. The quantitative estimate of drug-likeness (QED) is 0.644. The highest BCUT2D eigenvalue weighted by molar-refractivity contribution is 5.33. The number of aryl methyl sites for hydroxylation is 1. The lowest BCUT2D eigenvalue weighted by Gasteiger charge is -2.16. The van der Waals surface area contributed by atoms with E-state index in [1.165, 1.54) is 12.1 Å². The van der Waals surface area contributed by atoms with Gasteiger partial charge in [-0.15, -0.1) is 0 Å². The van der Waals surface area contributed by atoms with Gasteiger partial charge in [-0.3, -0.25) is 4.90 Å². The minimum absolute atomic E-state index is 0.225. The Balaban J connectivity index is 2.02. The molecule has 20 heavy (non-hydrogen) atoms. The van der Waals surface area contributed by atoms with Gasteiger partial charge in [-0.05, 0) is 31.7 Å². The van der Waals surface area contributed by atoms with Crippen molar-refractivity contribution in [2.24, 2.45) is 5.84 Å². The van der Waals surface area contributed by atoms with Crippen molar-refractivity contribution in [3.63, 3.8) is 0 Å². The molecule has 0 aliphatic heterocycles. The number of hydrazine groups is 1. The molecule has 0 aliphatic carbocycles. The van der Waals surface area contributed by atoms with Crippen molar-refractivity contribution in [2.75, 3.05) is 12.5 Å². The molecule has 1 aromatic carbocycles. The van der Waals surface area contributed by atoms with Gasteiger partial charge in [-0.2, -0.15) is 0 Å². The molecule has 0 saturated carbocycles. The second-order valence-corrected chi connectivity index (χ2v) is 4.75. The Kier molecular flexibility index (Phi) is 4.60. The third kappa shape index (κ3) is 3.97. The van der Waals surface area contributed by atoms with Crippen LogP contribution in [0.4, 0.5) is 10.2 Å². The predicted octanol–water partition coefficient (Wildman–Crippen LogP) is 1.84. The summed E-state index contributed by atoms with van der Waals surface area (Å²) in [5.41, 5.74) is 4.43.